The molecule has 3 N–H and O–H groups in total. The van der Waals surface area contributed by atoms with Gasteiger partial charge in [-0.3, -0.25) is 9.59 Å². The lowest BCUT2D eigenvalue weighted by Gasteiger charge is -2.24. The molecule has 0 rings (SSSR count). The van der Waals surface area contributed by atoms with Gasteiger partial charge in [-0.05, 0) is 83.5 Å². The van der Waals surface area contributed by atoms with E-state index in [9.17, 15) is 19.8 Å². The predicted octanol–water partition coefficient (Wildman–Crippen LogP) is 16.2. The first-order valence-corrected chi connectivity index (χ1v) is 26.9. The van der Waals surface area contributed by atoms with Crippen molar-refractivity contribution in [1.82, 2.24) is 5.32 Å². The van der Waals surface area contributed by atoms with Gasteiger partial charge in [0.1, 0.15) is 6.10 Å². The Bertz CT molecular complexity index is 1070. The monoisotopic (exact) mass is 870 g/mol. The molecule has 362 valence electrons. The zero-order chi connectivity index (χ0) is 45.2. The molecule has 0 aromatic rings. The lowest BCUT2D eigenvalue weighted by Crippen LogP contribution is -2.46. The highest BCUT2D eigenvalue weighted by molar-refractivity contribution is 5.77. The van der Waals surface area contributed by atoms with Crippen LogP contribution in [0.4, 0.5) is 0 Å². The number of amides is 1. The summed E-state index contributed by atoms with van der Waals surface area (Å²) in [7, 11) is 0. The van der Waals surface area contributed by atoms with Gasteiger partial charge in [0.2, 0.25) is 5.91 Å². The first-order valence-electron chi connectivity index (χ1n) is 26.9. The third-order valence-corrected chi connectivity index (χ3v) is 12.2. The van der Waals surface area contributed by atoms with Gasteiger partial charge < -0.3 is 20.3 Å². The van der Waals surface area contributed by atoms with Gasteiger partial charge in [-0.25, -0.2) is 0 Å². The van der Waals surface area contributed by atoms with Crippen LogP contribution in [0.1, 0.15) is 271 Å². The number of aliphatic hydroxyl groups is 2. The first-order chi connectivity index (χ1) is 30.5. The second-order valence-corrected chi connectivity index (χ2v) is 18.3. The fourth-order valence-corrected chi connectivity index (χ4v) is 8.04. The lowest BCUT2D eigenvalue weighted by atomic mass is 10.0. The fourth-order valence-electron chi connectivity index (χ4n) is 8.04. The number of ether oxygens (including phenoxy) is 1. The minimum atomic E-state index is -0.793. The second kappa shape index (κ2) is 49.8. The maximum Gasteiger partial charge on any atom is 0.306 e. The number of hydrogen-bond donors (Lipinski definition) is 3. The van der Waals surface area contributed by atoms with Crippen LogP contribution in [0.25, 0.3) is 0 Å². The molecular weight excluding hydrogens is 767 g/mol. The van der Waals surface area contributed by atoms with Crippen LogP contribution in [0.3, 0.4) is 0 Å². The first kappa shape index (κ1) is 59.8. The van der Waals surface area contributed by atoms with Crippen LogP contribution in [0.15, 0.2) is 48.6 Å². The largest absolute Gasteiger partial charge is 0.462 e. The Balaban J connectivity index is 4.61. The van der Waals surface area contributed by atoms with Gasteiger partial charge in [-0.1, -0.05) is 223 Å². The topological polar surface area (TPSA) is 95.9 Å². The summed E-state index contributed by atoms with van der Waals surface area (Å²) in [4.78, 5) is 26.2. The molecule has 0 fully saturated rings. The molecule has 3 atom stereocenters. The molecule has 0 spiro atoms. The van der Waals surface area contributed by atoms with E-state index in [0.717, 1.165) is 83.5 Å². The number of aliphatic hydroxyl groups excluding tert-OH is 2. The van der Waals surface area contributed by atoms with Gasteiger partial charge in [0.25, 0.3) is 0 Å². The number of carbonyl (C=O) groups is 2. The second-order valence-electron chi connectivity index (χ2n) is 18.3. The third kappa shape index (κ3) is 44.4. The molecule has 0 aromatic carbocycles. The van der Waals surface area contributed by atoms with Gasteiger partial charge in [0.15, 0.2) is 0 Å². The molecule has 0 radical (unpaired) electrons. The third-order valence-electron chi connectivity index (χ3n) is 12.2. The fraction of sp³-hybridized carbons (Fsp3) is 0.821. The summed E-state index contributed by atoms with van der Waals surface area (Å²) in [5.74, 6) is -0.499. The molecule has 6 heteroatoms. The number of carbonyl (C=O) groups excluding carboxylic acids is 2. The van der Waals surface area contributed by atoms with Crippen LogP contribution in [0.2, 0.25) is 0 Å². The van der Waals surface area contributed by atoms with Gasteiger partial charge in [-0.2, -0.15) is 0 Å². The summed E-state index contributed by atoms with van der Waals surface area (Å²) < 4.78 is 5.93. The average molecular weight is 870 g/mol. The number of rotatable bonds is 48. The summed E-state index contributed by atoms with van der Waals surface area (Å²) in [5.41, 5.74) is 0. The zero-order valence-electron chi connectivity index (χ0n) is 41.3. The van der Waals surface area contributed by atoms with Crippen molar-refractivity contribution in [2.24, 2.45) is 0 Å². The molecule has 0 bridgehead atoms. The molecule has 0 aromatic heterocycles. The van der Waals surface area contributed by atoms with E-state index in [1.54, 1.807) is 0 Å². The van der Waals surface area contributed by atoms with E-state index in [1.165, 1.54) is 141 Å². The average Bonchev–Trinajstić information content (AvgIpc) is 3.26. The van der Waals surface area contributed by atoms with Crippen molar-refractivity contribution >= 4 is 11.9 Å². The molecule has 62 heavy (non-hydrogen) atoms. The summed E-state index contributed by atoms with van der Waals surface area (Å²) in [6.45, 7) is 6.44. The molecule has 3 unspecified atom stereocenters. The molecule has 0 heterocycles. The van der Waals surface area contributed by atoms with Gasteiger partial charge in [0, 0.05) is 6.42 Å². The highest BCUT2D eigenvalue weighted by Crippen LogP contribution is 2.18. The standard InChI is InChI=1S/C56H103NO5/c1-4-7-10-13-16-19-22-24-26-27-28-30-32-34-37-40-43-46-49-56(61)62-52(47-44-41-38-35-33-31-29-25-23-20-17-14-11-8-5-2)50-55(60)57-53(51-58)54(59)48-45-42-39-36-21-18-15-12-9-6-3/h17,20,25-30,52-54,58-59H,4-16,18-19,21-24,31-51H2,1-3H3,(H,57,60)/b20-17-,27-26+,29-25-,30-28+. The summed E-state index contributed by atoms with van der Waals surface area (Å²) in [5, 5.41) is 23.7. The smallest absolute Gasteiger partial charge is 0.306 e. The number of allylic oxidation sites excluding steroid dienone is 8. The van der Waals surface area contributed by atoms with E-state index in [-0.39, 0.29) is 24.9 Å². The van der Waals surface area contributed by atoms with Crippen LogP contribution in [0, 0.1) is 0 Å². The summed E-state index contributed by atoms with van der Waals surface area (Å²) in [6, 6.07) is -0.708. The number of nitrogens with one attached hydrogen (secondary N) is 1. The molecule has 0 saturated heterocycles. The predicted molar refractivity (Wildman–Crippen MR) is 269 cm³/mol. The van der Waals surface area contributed by atoms with Crippen molar-refractivity contribution in [2.45, 2.75) is 289 Å². The minimum Gasteiger partial charge on any atom is -0.462 e. The van der Waals surface area contributed by atoms with Crippen LogP contribution in [0.5, 0.6) is 0 Å². The Kier molecular flexibility index (Phi) is 48.1. The highest BCUT2D eigenvalue weighted by atomic mass is 16.5. The molecule has 0 aliphatic heterocycles. The van der Waals surface area contributed by atoms with E-state index in [0.29, 0.717) is 19.3 Å². The van der Waals surface area contributed by atoms with Crippen molar-refractivity contribution in [3.8, 4) is 0 Å². The van der Waals surface area contributed by atoms with Crippen LogP contribution >= 0.6 is 0 Å². The lowest BCUT2D eigenvalue weighted by molar-refractivity contribution is -0.151. The van der Waals surface area contributed by atoms with E-state index in [1.807, 2.05) is 0 Å². The van der Waals surface area contributed by atoms with Crippen LogP contribution < -0.4 is 5.32 Å². The highest BCUT2D eigenvalue weighted by Gasteiger charge is 2.24. The van der Waals surface area contributed by atoms with Crippen LogP contribution in [-0.4, -0.2) is 46.9 Å². The molecule has 0 aliphatic rings. The van der Waals surface area contributed by atoms with Crippen LogP contribution in [-0.2, 0) is 14.3 Å². The Morgan fingerprint density at radius 1 is 0.484 bits per heavy atom. The Morgan fingerprint density at radius 2 is 0.871 bits per heavy atom. The number of hydrogen-bond acceptors (Lipinski definition) is 5. The summed E-state index contributed by atoms with van der Waals surface area (Å²) in [6.07, 6.45) is 60.3. The maximum absolute atomic E-state index is 13.2. The SMILES string of the molecule is CCCCC/C=C\C/C=C\CCCCCCCC(CC(=O)NC(CO)C(O)CCCCCCCCCCCC)OC(=O)CCCCCCC/C=C/C=C/CCCCCCCCC. The van der Waals surface area contributed by atoms with Crippen molar-refractivity contribution in [2.75, 3.05) is 6.61 Å². The zero-order valence-corrected chi connectivity index (χ0v) is 41.3. The van der Waals surface area contributed by atoms with Gasteiger partial charge >= 0.3 is 5.97 Å². The molecule has 6 nitrogen and oxygen atoms in total. The summed E-state index contributed by atoms with van der Waals surface area (Å²) >= 11 is 0. The maximum atomic E-state index is 13.2. The van der Waals surface area contributed by atoms with Gasteiger partial charge in [0.05, 0.1) is 25.2 Å². The molecule has 1 amide bonds. The van der Waals surface area contributed by atoms with Crippen molar-refractivity contribution < 1.29 is 24.5 Å². The molecule has 0 saturated carbocycles. The van der Waals surface area contributed by atoms with Crippen molar-refractivity contribution in [3.05, 3.63) is 48.6 Å². The normalized spacial score (nSPS) is 13.6. The van der Waals surface area contributed by atoms with Gasteiger partial charge in [-0.15, -0.1) is 0 Å². The number of unbranched alkanes of at least 4 members (excludes halogenated alkanes) is 29. The quantitative estimate of drug-likeness (QED) is 0.0245. The Morgan fingerprint density at radius 3 is 1.35 bits per heavy atom. The van der Waals surface area contributed by atoms with Crippen molar-refractivity contribution in [3.63, 3.8) is 0 Å². The van der Waals surface area contributed by atoms with E-state index >= 15 is 0 Å². The Labute approximate surface area is 385 Å². The van der Waals surface area contributed by atoms with E-state index in [2.05, 4.69) is 74.7 Å². The van der Waals surface area contributed by atoms with E-state index < -0.39 is 18.2 Å². The molecular formula is C56H103NO5. The Hall–Kier alpha value is -2.18. The minimum absolute atomic E-state index is 0.0624. The molecule has 0 aliphatic carbocycles. The van der Waals surface area contributed by atoms with E-state index in [4.69, 9.17) is 4.74 Å². The van der Waals surface area contributed by atoms with Crippen molar-refractivity contribution in [1.29, 1.82) is 0 Å². The number of esters is 1.